The molecule has 86 valence electrons. The van der Waals surface area contributed by atoms with Gasteiger partial charge < -0.3 is 15.5 Å². The van der Waals surface area contributed by atoms with Gasteiger partial charge in [-0.1, -0.05) is 6.92 Å². The minimum Gasteiger partial charge on any atom is -0.451 e. The lowest BCUT2D eigenvalue weighted by Gasteiger charge is -2.19. The molecule has 0 aliphatic heterocycles. The van der Waals surface area contributed by atoms with Gasteiger partial charge in [-0.15, -0.1) is 0 Å². The summed E-state index contributed by atoms with van der Waals surface area (Å²) >= 11 is 6.70. The van der Waals surface area contributed by atoms with E-state index in [1.165, 1.54) is 0 Å². The van der Waals surface area contributed by atoms with Gasteiger partial charge in [0.1, 0.15) is 5.76 Å². The summed E-state index contributed by atoms with van der Waals surface area (Å²) in [5.74, 6) is 0.858. The van der Waals surface area contributed by atoms with E-state index in [4.69, 9.17) is 10.2 Å². The first kappa shape index (κ1) is 13.2. The first-order valence-corrected chi connectivity index (χ1v) is 6.57. The monoisotopic (exact) mass is 338 g/mol. The number of hydrogen-bond donors (Lipinski definition) is 2. The van der Waals surface area contributed by atoms with E-state index < -0.39 is 0 Å². The van der Waals surface area contributed by atoms with Crippen LogP contribution in [-0.4, -0.2) is 12.6 Å². The molecular formula is C10H16Br2N2O. The van der Waals surface area contributed by atoms with Gasteiger partial charge in [0.15, 0.2) is 4.67 Å². The lowest BCUT2D eigenvalue weighted by atomic mass is 10.1. The molecule has 3 N–H and O–H groups in total. The van der Waals surface area contributed by atoms with Crippen LogP contribution >= 0.6 is 31.9 Å². The number of nitrogens with two attached hydrogens (primary N) is 1. The van der Waals surface area contributed by atoms with E-state index in [9.17, 15) is 0 Å². The van der Waals surface area contributed by atoms with Crippen LogP contribution in [0.5, 0.6) is 0 Å². The van der Waals surface area contributed by atoms with Gasteiger partial charge in [-0.2, -0.15) is 0 Å². The van der Waals surface area contributed by atoms with E-state index >= 15 is 0 Å². The molecule has 0 amide bonds. The first-order chi connectivity index (χ1) is 7.08. The van der Waals surface area contributed by atoms with Crippen molar-refractivity contribution in [3.8, 4) is 0 Å². The maximum Gasteiger partial charge on any atom is 0.183 e. The molecule has 15 heavy (non-hydrogen) atoms. The Morgan fingerprint density at radius 3 is 2.60 bits per heavy atom. The molecule has 0 spiro atoms. The summed E-state index contributed by atoms with van der Waals surface area (Å²) in [6.07, 6.45) is 1.07. The summed E-state index contributed by atoms with van der Waals surface area (Å²) in [6, 6.07) is 2.44. The maximum atomic E-state index is 5.71. The topological polar surface area (TPSA) is 51.2 Å². The van der Waals surface area contributed by atoms with Gasteiger partial charge in [0.05, 0.1) is 10.5 Å². The van der Waals surface area contributed by atoms with E-state index in [2.05, 4.69) is 51.0 Å². The Labute approximate surface area is 107 Å². The van der Waals surface area contributed by atoms with Crippen LogP contribution in [-0.2, 0) is 0 Å². The lowest BCUT2D eigenvalue weighted by Crippen LogP contribution is -2.34. The summed E-state index contributed by atoms with van der Waals surface area (Å²) in [7, 11) is 0. The summed E-state index contributed by atoms with van der Waals surface area (Å²) in [5.41, 5.74) is 5.71. The van der Waals surface area contributed by atoms with Crippen molar-refractivity contribution < 1.29 is 4.42 Å². The fourth-order valence-corrected chi connectivity index (χ4v) is 1.87. The van der Waals surface area contributed by atoms with Crippen molar-refractivity contribution in [2.75, 3.05) is 6.54 Å². The predicted molar refractivity (Wildman–Crippen MR) is 68.8 cm³/mol. The molecule has 0 fully saturated rings. The van der Waals surface area contributed by atoms with E-state index in [-0.39, 0.29) is 6.04 Å². The molecule has 2 unspecified atom stereocenters. The molecule has 1 aromatic rings. The Morgan fingerprint density at radius 1 is 1.53 bits per heavy atom. The average Bonchev–Trinajstić information content (AvgIpc) is 2.55. The number of nitrogens with one attached hydrogen (secondary N) is 1. The molecular weight excluding hydrogens is 324 g/mol. The van der Waals surface area contributed by atoms with Crippen molar-refractivity contribution in [3.05, 3.63) is 21.0 Å². The molecule has 0 saturated carbocycles. The second-order valence-corrected chi connectivity index (χ2v) is 5.11. The Kier molecular flexibility index (Phi) is 5.32. The minimum absolute atomic E-state index is 0.0718. The van der Waals surface area contributed by atoms with Gasteiger partial charge in [-0.05, 0) is 51.3 Å². The third-order valence-corrected chi connectivity index (χ3v) is 4.05. The van der Waals surface area contributed by atoms with Crippen LogP contribution in [0.2, 0.25) is 0 Å². The highest BCUT2D eigenvalue weighted by molar-refractivity contribution is 9.13. The van der Waals surface area contributed by atoms with Crippen molar-refractivity contribution in [3.63, 3.8) is 0 Å². The third kappa shape index (κ3) is 3.59. The van der Waals surface area contributed by atoms with E-state index in [0.29, 0.717) is 17.3 Å². The number of furan rings is 1. The SMILES string of the molecule is CCC(C)NC(CN)c1cc(Br)c(Br)o1. The van der Waals surface area contributed by atoms with Gasteiger partial charge in [0, 0.05) is 12.6 Å². The normalized spacial score (nSPS) is 15.3. The maximum absolute atomic E-state index is 5.71. The van der Waals surface area contributed by atoms with Gasteiger partial charge in [-0.3, -0.25) is 0 Å². The smallest absolute Gasteiger partial charge is 0.183 e. The number of rotatable bonds is 5. The predicted octanol–water partition coefficient (Wildman–Crippen LogP) is 3.19. The molecule has 2 atom stereocenters. The Hall–Kier alpha value is 0.160. The molecule has 0 saturated heterocycles. The summed E-state index contributed by atoms with van der Waals surface area (Å²) < 4.78 is 7.17. The van der Waals surface area contributed by atoms with Crippen LogP contribution in [0.3, 0.4) is 0 Å². The molecule has 1 heterocycles. The van der Waals surface area contributed by atoms with E-state index in [1.54, 1.807) is 0 Å². The third-order valence-electron chi connectivity index (χ3n) is 2.34. The zero-order valence-corrected chi connectivity index (χ0v) is 12.1. The molecule has 0 aromatic carbocycles. The zero-order chi connectivity index (χ0) is 11.4. The van der Waals surface area contributed by atoms with Crippen molar-refractivity contribution in [2.24, 2.45) is 5.73 Å². The highest BCUT2D eigenvalue weighted by Crippen LogP contribution is 2.29. The van der Waals surface area contributed by atoms with Crippen molar-refractivity contribution in [2.45, 2.75) is 32.4 Å². The highest BCUT2D eigenvalue weighted by atomic mass is 79.9. The Balaban J connectivity index is 2.74. The second kappa shape index (κ2) is 6.03. The fraction of sp³-hybridized carbons (Fsp3) is 0.600. The summed E-state index contributed by atoms with van der Waals surface area (Å²) in [4.78, 5) is 0. The standard InChI is InChI=1S/C10H16Br2N2O/c1-3-6(2)14-8(5-13)9-4-7(11)10(12)15-9/h4,6,8,14H,3,5,13H2,1-2H3. The number of hydrogen-bond acceptors (Lipinski definition) is 3. The van der Waals surface area contributed by atoms with Crippen molar-refractivity contribution >= 4 is 31.9 Å². The van der Waals surface area contributed by atoms with Crippen LogP contribution < -0.4 is 11.1 Å². The fourth-order valence-electron chi connectivity index (χ4n) is 1.26. The molecule has 5 heteroatoms. The molecule has 1 rings (SSSR count). The van der Waals surface area contributed by atoms with Crippen LogP contribution in [0.15, 0.2) is 19.6 Å². The highest BCUT2D eigenvalue weighted by Gasteiger charge is 2.17. The van der Waals surface area contributed by atoms with Gasteiger partial charge in [0.25, 0.3) is 0 Å². The molecule has 0 aliphatic carbocycles. The van der Waals surface area contributed by atoms with Crippen LogP contribution in [0, 0.1) is 0 Å². The average molecular weight is 340 g/mol. The Morgan fingerprint density at radius 2 is 2.20 bits per heavy atom. The zero-order valence-electron chi connectivity index (χ0n) is 8.89. The minimum atomic E-state index is 0.0718. The van der Waals surface area contributed by atoms with Crippen LogP contribution in [0.25, 0.3) is 0 Å². The van der Waals surface area contributed by atoms with E-state index in [1.807, 2.05) is 6.07 Å². The molecule has 1 aromatic heterocycles. The Bertz CT molecular complexity index is 295. The molecule has 0 radical (unpaired) electrons. The van der Waals surface area contributed by atoms with Gasteiger partial charge in [0.2, 0.25) is 0 Å². The summed E-state index contributed by atoms with van der Waals surface area (Å²) in [5, 5.41) is 3.41. The van der Waals surface area contributed by atoms with Gasteiger partial charge in [-0.25, -0.2) is 0 Å². The summed E-state index contributed by atoms with van der Waals surface area (Å²) in [6.45, 7) is 4.80. The van der Waals surface area contributed by atoms with E-state index in [0.717, 1.165) is 16.7 Å². The molecule has 3 nitrogen and oxygen atoms in total. The van der Waals surface area contributed by atoms with Crippen molar-refractivity contribution in [1.82, 2.24) is 5.32 Å². The van der Waals surface area contributed by atoms with Crippen LogP contribution in [0.1, 0.15) is 32.1 Å². The largest absolute Gasteiger partial charge is 0.451 e. The lowest BCUT2D eigenvalue weighted by molar-refractivity contribution is 0.373. The van der Waals surface area contributed by atoms with Gasteiger partial charge >= 0.3 is 0 Å². The first-order valence-electron chi connectivity index (χ1n) is 4.99. The number of halogens is 2. The molecule has 0 bridgehead atoms. The van der Waals surface area contributed by atoms with Crippen molar-refractivity contribution in [1.29, 1.82) is 0 Å². The van der Waals surface area contributed by atoms with Crippen LogP contribution in [0.4, 0.5) is 0 Å². The molecule has 0 aliphatic rings. The second-order valence-electron chi connectivity index (χ2n) is 3.53. The quantitative estimate of drug-likeness (QED) is 0.866.